The summed E-state index contributed by atoms with van der Waals surface area (Å²) >= 11 is 6.13. The highest BCUT2D eigenvalue weighted by molar-refractivity contribution is 6.30. The number of halogens is 1. The topological polar surface area (TPSA) is 81.7 Å². The molecule has 0 spiro atoms. The molecule has 0 bridgehead atoms. The van der Waals surface area contributed by atoms with E-state index >= 15 is 0 Å². The summed E-state index contributed by atoms with van der Waals surface area (Å²) in [7, 11) is 0. The van der Waals surface area contributed by atoms with Crippen molar-refractivity contribution in [3.8, 4) is 17.1 Å². The van der Waals surface area contributed by atoms with Crippen LogP contribution in [0.3, 0.4) is 0 Å². The van der Waals surface area contributed by atoms with Crippen LogP contribution in [-0.2, 0) is 11.3 Å². The van der Waals surface area contributed by atoms with E-state index in [1.54, 1.807) is 27.2 Å². The zero-order chi connectivity index (χ0) is 20.5. The van der Waals surface area contributed by atoms with Gasteiger partial charge in [0, 0.05) is 18.2 Å². The second kappa shape index (κ2) is 7.85. The summed E-state index contributed by atoms with van der Waals surface area (Å²) < 4.78 is 8.98. The molecule has 0 aliphatic rings. The Kier molecular flexibility index (Phi) is 5.25. The van der Waals surface area contributed by atoms with Crippen LogP contribution in [0.2, 0.25) is 5.02 Å². The SMILES string of the molecule is CC(C)OCCCn1c(=O)c2ccccc2n2c(-c3cc(Cl)ccc3O)nnc12. The minimum Gasteiger partial charge on any atom is -0.507 e. The number of aromatic hydroxyl groups is 1. The maximum absolute atomic E-state index is 13.1. The van der Waals surface area contributed by atoms with Crippen LogP contribution in [0.5, 0.6) is 5.75 Å². The van der Waals surface area contributed by atoms with Gasteiger partial charge in [-0.3, -0.25) is 13.8 Å². The van der Waals surface area contributed by atoms with Gasteiger partial charge in [0.2, 0.25) is 5.78 Å². The van der Waals surface area contributed by atoms with Gasteiger partial charge in [0.05, 0.1) is 22.6 Å². The predicted octanol–water partition coefficient (Wildman–Crippen LogP) is 3.89. The molecule has 0 fully saturated rings. The zero-order valence-corrected chi connectivity index (χ0v) is 16.9. The Morgan fingerprint density at radius 3 is 2.76 bits per heavy atom. The fourth-order valence-electron chi connectivity index (χ4n) is 3.36. The van der Waals surface area contributed by atoms with Crippen molar-refractivity contribution in [2.24, 2.45) is 0 Å². The fourth-order valence-corrected chi connectivity index (χ4v) is 3.54. The molecule has 2 aromatic carbocycles. The molecule has 0 saturated heterocycles. The van der Waals surface area contributed by atoms with E-state index in [1.165, 1.54) is 6.07 Å². The van der Waals surface area contributed by atoms with Crippen LogP contribution in [0.15, 0.2) is 47.3 Å². The van der Waals surface area contributed by atoms with Crippen molar-refractivity contribution in [3.05, 3.63) is 57.8 Å². The summed E-state index contributed by atoms with van der Waals surface area (Å²) in [6.45, 7) is 4.93. The highest BCUT2D eigenvalue weighted by Gasteiger charge is 2.19. The number of phenols is 1. The number of benzene rings is 2. The van der Waals surface area contributed by atoms with Gasteiger partial charge in [-0.1, -0.05) is 23.7 Å². The molecule has 7 nitrogen and oxygen atoms in total. The van der Waals surface area contributed by atoms with Crippen LogP contribution in [0, 0.1) is 0 Å². The molecule has 4 rings (SSSR count). The Morgan fingerprint density at radius 1 is 1.17 bits per heavy atom. The summed E-state index contributed by atoms with van der Waals surface area (Å²) in [5.41, 5.74) is 0.983. The summed E-state index contributed by atoms with van der Waals surface area (Å²) in [5.74, 6) is 0.867. The lowest BCUT2D eigenvalue weighted by Crippen LogP contribution is -2.24. The lowest BCUT2D eigenvalue weighted by Gasteiger charge is -2.12. The summed E-state index contributed by atoms with van der Waals surface area (Å²) in [5, 5.41) is 19.9. The number of aromatic nitrogens is 4. The number of fused-ring (bicyclic) bond motifs is 3. The van der Waals surface area contributed by atoms with Gasteiger partial charge in [-0.15, -0.1) is 10.2 Å². The molecule has 8 heteroatoms. The van der Waals surface area contributed by atoms with E-state index in [9.17, 15) is 9.90 Å². The first kappa shape index (κ1) is 19.4. The summed E-state index contributed by atoms with van der Waals surface area (Å²) in [6.07, 6.45) is 0.797. The highest BCUT2D eigenvalue weighted by atomic mass is 35.5. The monoisotopic (exact) mass is 412 g/mol. The fraction of sp³-hybridized carbons (Fsp3) is 0.286. The van der Waals surface area contributed by atoms with Gasteiger partial charge in [-0.25, -0.2) is 0 Å². The minimum atomic E-state index is -0.132. The van der Waals surface area contributed by atoms with Gasteiger partial charge in [-0.05, 0) is 50.6 Å². The van der Waals surface area contributed by atoms with Crippen molar-refractivity contribution < 1.29 is 9.84 Å². The average molecular weight is 413 g/mol. The Labute approximate surface area is 172 Å². The van der Waals surface area contributed by atoms with Crippen molar-refractivity contribution in [3.63, 3.8) is 0 Å². The van der Waals surface area contributed by atoms with E-state index < -0.39 is 0 Å². The van der Waals surface area contributed by atoms with E-state index in [-0.39, 0.29) is 17.4 Å². The third-order valence-corrected chi connectivity index (χ3v) is 4.92. The Hall–Kier alpha value is -2.90. The number of aryl methyl sites for hydroxylation is 1. The molecule has 1 N–H and O–H groups in total. The van der Waals surface area contributed by atoms with Crippen molar-refractivity contribution >= 4 is 28.3 Å². The van der Waals surface area contributed by atoms with Crippen LogP contribution in [0.25, 0.3) is 28.1 Å². The van der Waals surface area contributed by atoms with Gasteiger partial charge in [0.15, 0.2) is 5.82 Å². The average Bonchev–Trinajstić information content (AvgIpc) is 3.14. The quantitative estimate of drug-likeness (QED) is 0.486. The molecule has 0 atom stereocenters. The molecule has 0 aliphatic heterocycles. The first-order chi connectivity index (χ1) is 14.0. The molecule has 2 heterocycles. The van der Waals surface area contributed by atoms with Crippen LogP contribution in [0.4, 0.5) is 0 Å². The first-order valence-corrected chi connectivity index (χ1v) is 9.82. The van der Waals surface area contributed by atoms with Crippen LogP contribution in [0.1, 0.15) is 20.3 Å². The molecular formula is C21H21ClN4O3. The minimum absolute atomic E-state index is 0.0378. The van der Waals surface area contributed by atoms with Gasteiger partial charge < -0.3 is 9.84 Å². The molecule has 0 saturated carbocycles. The molecular weight excluding hydrogens is 392 g/mol. The van der Waals surface area contributed by atoms with Crippen LogP contribution < -0.4 is 5.56 Å². The normalized spacial score (nSPS) is 11.7. The highest BCUT2D eigenvalue weighted by Crippen LogP contribution is 2.31. The molecule has 0 aliphatic carbocycles. The van der Waals surface area contributed by atoms with Gasteiger partial charge in [0.1, 0.15) is 5.75 Å². The molecule has 150 valence electrons. The largest absolute Gasteiger partial charge is 0.507 e. The second-order valence-corrected chi connectivity index (χ2v) is 7.50. The summed E-state index contributed by atoms with van der Waals surface area (Å²) in [4.78, 5) is 13.1. The number of nitrogens with zero attached hydrogens (tertiary/aromatic N) is 4. The van der Waals surface area contributed by atoms with Crippen LogP contribution >= 0.6 is 11.6 Å². The van der Waals surface area contributed by atoms with Crippen molar-refractivity contribution in [1.29, 1.82) is 0 Å². The smallest absolute Gasteiger partial charge is 0.262 e. The number of rotatable bonds is 6. The third-order valence-electron chi connectivity index (χ3n) is 4.68. The maximum Gasteiger partial charge on any atom is 0.262 e. The zero-order valence-electron chi connectivity index (χ0n) is 16.2. The van der Waals surface area contributed by atoms with Gasteiger partial charge >= 0.3 is 0 Å². The maximum atomic E-state index is 13.1. The third kappa shape index (κ3) is 3.59. The van der Waals surface area contributed by atoms with Gasteiger partial charge in [-0.2, -0.15) is 0 Å². The number of para-hydroxylation sites is 1. The Bertz CT molecular complexity index is 1250. The lowest BCUT2D eigenvalue weighted by molar-refractivity contribution is 0.0748. The van der Waals surface area contributed by atoms with Crippen molar-refractivity contribution in [2.45, 2.75) is 32.9 Å². The van der Waals surface area contributed by atoms with E-state index in [1.807, 2.05) is 32.0 Å². The number of ether oxygens (including phenoxy) is 1. The van der Waals surface area contributed by atoms with Crippen molar-refractivity contribution in [1.82, 2.24) is 19.2 Å². The van der Waals surface area contributed by atoms with E-state index in [0.29, 0.717) is 52.7 Å². The molecule has 0 unspecified atom stereocenters. The van der Waals surface area contributed by atoms with Crippen molar-refractivity contribution in [2.75, 3.05) is 6.61 Å². The van der Waals surface area contributed by atoms with Crippen LogP contribution in [-0.4, -0.2) is 37.0 Å². The molecule has 29 heavy (non-hydrogen) atoms. The van der Waals surface area contributed by atoms with E-state index in [4.69, 9.17) is 16.3 Å². The van der Waals surface area contributed by atoms with Gasteiger partial charge in [0.25, 0.3) is 5.56 Å². The number of phenolic OH excluding ortho intramolecular Hbond substituents is 1. The summed E-state index contributed by atoms with van der Waals surface area (Å²) in [6, 6.07) is 12.0. The predicted molar refractivity (Wildman–Crippen MR) is 113 cm³/mol. The number of hydrogen-bond acceptors (Lipinski definition) is 5. The lowest BCUT2D eigenvalue weighted by atomic mass is 10.2. The van der Waals surface area contributed by atoms with E-state index in [2.05, 4.69) is 10.2 Å². The Balaban J connectivity index is 1.93. The molecule has 0 amide bonds. The molecule has 2 aromatic heterocycles. The molecule has 4 aromatic rings. The number of hydrogen-bond donors (Lipinski definition) is 1. The first-order valence-electron chi connectivity index (χ1n) is 9.44. The van der Waals surface area contributed by atoms with E-state index in [0.717, 1.165) is 0 Å². The Morgan fingerprint density at radius 2 is 1.97 bits per heavy atom. The molecule has 0 radical (unpaired) electrons. The standard InChI is InChI=1S/C21H21ClN4O3/c1-13(2)29-11-5-10-25-20(28)15-6-3-4-7-17(15)26-19(23-24-21(25)26)16-12-14(22)8-9-18(16)27/h3-4,6-9,12-13,27H,5,10-11H2,1-2H3. The second-order valence-electron chi connectivity index (χ2n) is 7.07.